The summed E-state index contributed by atoms with van der Waals surface area (Å²) in [6, 6.07) is 13.9. The van der Waals surface area contributed by atoms with Crippen LogP contribution >= 0.6 is 27.5 Å². The standard InChI is InChI=1S/C15H16BrClN2/c1-19(9-11-4-2-3-5-14(11)16)10-12-6-7-13(18)8-15(12)17/h2-8H,9-10,18H2,1H3. The molecule has 0 heterocycles. The summed E-state index contributed by atoms with van der Waals surface area (Å²) in [4.78, 5) is 2.22. The highest BCUT2D eigenvalue weighted by atomic mass is 79.9. The van der Waals surface area contributed by atoms with Gasteiger partial charge in [0, 0.05) is 28.3 Å². The molecule has 100 valence electrons. The van der Waals surface area contributed by atoms with Gasteiger partial charge in [0.1, 0.15) is 0 Å². The summed E-state index contributed by atoms with van der Waals surface area (Å²) in [5, 5.41) is 0.721. The summed E-state index contributed by atoms with van der Waals surface area (Å²) in [7, 11) is 2.08. The van der Waals surface area contributed by atoms with E-state index in [9.17, 15) is 0 Å². The third-order valence-electron chi connectivity index (χ3n) is 2.92. The smallest absolute Gasteiger partial charge is 0.0471 e. The largest absolute Gasteiger partial charge is 0.399 e. The summed E-state index contributed by atoms with van der Waals surface area (Å²) >= 11 is 9.76. The van der Waals surface area contributed by atoms with Gasteiger partial charge in [0.15, 0.2) is 0 Å². The molecule has 0 spiro atoms. The molecule has 0 aliphatic carbocycles. The predicted molar refractivity (Wildman–Crippen MR) is 85.2 cm³/mol. The second kappa shape index (κ2) is 6.42. The minimum atomic E-state index is 0.696. The van der Waals surface area contributed by atoms with Gasteiger partial charge in [0.2, 0.25) is 0 Å². The van der Waals surface area contributed by atoms with E-state index in [1.54, 1.807) is 6.07 Å². The average molecular weight is 340 g/mol. The van der Waals surface area contributed by atoms with Crippen molar-refractivity contribution in [3.05, 3.63) is 63.1 Å². The number of hydrogen-bond acceptors (Lipinski definition) is 2. The minimum absolute atomic E-state index is 0.696. The maximum Gasteiger partial charge on any atom is 0.0471 e. The first-order valence-corrected chi connectivity index (χ1v) is 7.19. The fourth-order valence-electron chi connectivity index (χ4n) is 1.96. The zero-order valence-electron chi connectivity index (χ0n) is 10.7. The molecule has 0 saturated heterocycles. The Kier molecular flexibility index (Phi) is 4.86. The first-order valence-electron chi connectivity index (χ1n) is 6.02. The van der Waals surface area contributed by atoms with Crippen molar-refractivity contribution in [2.24, 2.45) is 0 Å². The molecule has 2 nitrogen and oxygen atoms in total. The van der Waals surface area contributed by atoms with Gasteiger partial charge in [-0.25, -0.2) is 0 Å². The molecule has 0 radical (unpaired) electrons. The van der Waals surface area contributed by atoms with E-state index >= 15 is 0 Å². The summed E-state index contributed by atoms with van der Waals surface area (Å²) in [5.41, 5.74) is 8.74. The first-order chi connectivity index (χ1) is 9.06. The second-order valence-corrected chi connectivity index (χ2v) is 5.88. The fraction of sp³-hybridized carbons (Fsp3) is 0.200. The lowest BCUT2D eigenvalue weighted by atomic mass is 10.1. The summed E-state index contributed by atoms with van der Waals surface area (Å²) < 4.78 is 1.13. The van der Waals surface area contributed by atoms with E-state index in [4.69, 9.17) is 17.3 Å². The van der Waals surface area contributed by atoms with Crippen LogP contribution in [0.3, 0.4) is 0 Å². The van der Waals surface area contributed by atoms with Gasteiger partial charge in [-0.1, -0.05) is 51.8 Å². The maximum atomic E-state index is 6.19. The van der Waals surface area contributed by atoms with Crippen molar-refractivity contribution in [1.29, 1.82) is 0 Å². The maximum absolute atomic E-state index is 6.19. The average Bonchev–Trinajstić information content (AvgIpc) is 2.36. The molecule has 0 aromatic heterocycles. The monoisotopic (exact) mass is 338 g/mol. The number of rotatable bonds is 4. The summed E-state index contributed by atoms with van der Waals surface area (Å²) in [6.45, 7) is 1.66. The highest BCUT2D eigenvalue weighted by Crippen LogP contribution is 2.22. The molecule has 0 saturated carbocycles. The number of anilines is 1. The molecule has 0 bridgehead atoms. The van der Waals surface area contributed by atoms with Gasteiger partial charge in [-0.2, -0.15) is 0 Å². The quantitative estimate of drug-likeness (QED) is 0.841. The number of hydrogen-bond donors (Lipinski definition) is 1. The fourth-order valence-corrected chi connectivity index (χ4v) is 2.61. The molecule has 2 N–H and O–H groups in total. The zero-order valence-corrected chi connectivity index (χ0v) is 13.1. The van der Waals surface area contributed by atoms with E-state index in [2.05, 4.69) is 40.0 Å². The third kappa shape index (κ3) is 3.96. The van der Waals surface area contributed by atoms with E-state index < -0.39 is 0 Å². The van der Waals surface area contributed by atoms with Gasteiger partial charge < -0.3 is 5.73 Å². The number of nitrogen functional groups attached to an aromatic ring is 1. The zero-order chi connectivity index (χ0) is 13.8. The molecule has 2 aromatic carbocycles. The Morgan fingerprint density at radius 3 is 2.47 bits per heavy atom. The van der Waals surface area contributed by atoms with Gasteiger partial charge in [-0.05, 0) is 36.4 Å². The van der Waals surface area contributed by atoms with Crippen molar-refractivity contribution < 1.29 is 0 Å². The van der Waals surface area contributed by atoms with Crippen LogP contribution < -0.4 is 5.73 Å². The van der Waals surface area contributed by atoms with Crippen molar-refractivity contribution in [2.75, 3.05) is 12.8 Å². The molecule has 0 aliphatic heterocycles. The van der Waals surface area contributed by atoms with Crippen LogP contribution in [0.5, 0.6) is 0 Å². The van der Waals surface area contributed by atoms with Crippen molar-refractivity contribution in [3.8, 4) is 0 Å². The van der Waals surface area contributed by atoms with Gasteiger partial charge in [-0.15, -0.1) is 0 Å². The van der Waals surface area contributed by atoms with Gasteiger partial charge in [0.25, 0.3) is 0 Å². The predicted octanol–water partition coefficient (Wildman–Crippen LogP) is 4.32. The molecule has 0 aliphatic rings. The normalized spacial score (nSPS) is 10.9. The van der Waals surface area contributed by atoms with Crippen LogP contribution in [0, 0.1) is 0 Å². The van der Waals surface area contributed by atoms with E-state index in [0.29, 0.717) is 5.69 Å². The van der Waals surface area contributed by atoms with Crippen molar-refractivity contribution in [2.45, 2.75) is 13.1 Å². The van der Waals surface area contributed by atoms with E-state index in [1.165, 1.54) is 5.56 Å². The highest BCUT2D eigenvalue weighted by Gasteiger charge is 2.07. The Morgan fingerprint density at radius 1 is 1.11 bits per heavy atom. The molecule has 19 heavy (non-hydrogen) atoms. The summed E-state index contributed by atoms with van der Waals surface area (Å²) in [6.07, 6.45) is 0. The molecule has 2 aromatic rings. The van der Waals surface area contributed by atoms with E-state index in [0.717, 1.165) is 28.1 Å². The van der Waals surface area contributed by atoms with Crippen LogP contribution in [-0.4, -0.2) is 11.9 Å². The van der Waals surface area contributed by atoms with Crippen LogP contribution in [0.4, 0.5) is 5.69 Å². The van der Waals surface area contributed by atoms with Crippen molar-refractivity contribution in [1.82, 2.24) is 4.90 Å². The SMILES string of the molecule is CN(Cc1ccc(N)cc1Cl)Cc1ccccc1Br. The molecular weight excluding hydrogens is 324 g/mol. The molecular formula is C15H16BrClN2. The van der Waals surface area contributed by atoms with Gasteiger partial charge >= 0.3 is 0 Å². The summed E-state index contributed by atoms with van der Waals surface area (Å²) in [5.74, 6) is 0. The Bertz CT molecular complexity index is 572. The van der Waals surface area contributed by atoms with Crippen LogP contribution in [0.2, 0.25) is 5.02 Å². The lowest BCUT2D eigenvalue weighted by molar-refractivity contribution is 0.318. The Labute approximate surface area is 127 Å². The van der Waals surface area contributed by atoms with Crippen LogP contribution in [0.1, 0.15) is 11.1 Å². The van der Waals surface area contributed by atoms with Crippen LogP contribution in [0.25, 0.3) is 0 Å². The lowest BCUT2D eigenvalue weighted by Gasteiger charge is -2.18. The lowest BCUT2D eigenvalue weighted by Crippen LogP contribution is -2.17. The van der Waals surface area contributed by atoms with Crippen molar-refractivity contribution >= 4 is 33.2 Å². The van der Waals surface area contributed by atoms with Crippen molar-refractivity contribution in [3.63, 3.8) is 0 Å². The number of nitrogens with two attached hydrogens (primary N) is 1. The van der Waals surface area contributed by atoms with E-state index in [-0.39, 0.29) is 0 Å². The minimum Gasteiger partial charge on any atom is -0.399 e. The molecule has 0 atom stereocenters. The second-order valence-electron chi connectivity index (χ2n) is 4.61. The Balaban J connectivity index is 2.05. The van der Waals surface area contributed by atoms with Crippen LogP contribution in [-0.2, 0) is 13.1 Å². The first kappa shape index (κ1) is 14.4. The van der Waals surface area contributed by atoms with Gasteiger partial charge in [0.05, 0.1) is 0 Å². The highest BCUT2D eigenvalue weighted by molar-refractivity contribution is 9.10. The number of halogens is 2. The topological polar surface area (TPSA) is 29.3 Å². The number of benzene rings is 2. The molecule has 4 heteroatoms. The molecule has 0 amide bonds. The Hall–Kier alpha value is -1.03. The number of nitrogens with zero attached hydrogens (tertiary/aromatic N) is 1. The molecule has 0 unspecified atom stereocenters. The Morgan fingerprint density at radius 2 is 1.79 bits per heavy atom. The van der Waals surface area contributed by atoms with E-state index in [1.807, 2.05) is 24.3 Å². The molecule has 0 fully saturated rings. The molecule has 2 rings (SSSR count). The third-order valence-corrected chi connectivity index (χ3v) is 4.04. The van der Waals surface area contributed by atoms with Gasteiger partial charge in [-0.3, -0.25) is 4.90 Å². The van der Waals surface area contributed by atoms with Crippen LogP contribution in [0.15, 0.2) is 46.9 Å².